The molecule has 1 heterocycles. The number of urea groups is 1. The number of nitrogen functional groups attached to an aromatic ring is 1. The fourth-order valence-corrected chi connectivity index (χ4v) is 1.96. The number of hydrogen-bond acceptors (Lipinski definition) is 3. The van der Waals surface area contributed by atoms with E-state index < -0.39 is 0 Å². The standard InChI is InChI=1S/C13H19N3O2/c1-9-8-12(10(2)7-11(9)14)18-6-5-16-4-3-15-13(16)17/h7-8H,3-6,14H2,1-2H3,(H,15,17). The van der Waals surface area contributed by atoms with Gasteiger partial charge in [-0.05, 0) is 37.1 Å². The van der Waals surface area contributed by atoms with Gasteiger partial charge in [-0.15, -0.1) is 0 Å². The average Bonchev–Trinajstić information content (AvgIpc) is 2.72. The molecule has 0 atom stereocenters. The number of hydrogen-bond donors (Lipinski definition) is 2. The molecule has 0 saturated carbocycles. The predicted octanol–water partition coefficient (Wildman–Crippen LogP) is 1.29. The Kier molecular flexibility index (Phi) is 3.60. The molecule has 1 aliphatic heterocycles. The number of nitrogens with one attached hydrogen (secondary N) is 1. The summed E-state index contributed by atoms with van der Waals surface area (Å²) < 4.78 is 5.71. The Morgan fingerprint density at radius 2 is 2.17 bits per heavy atom. The van der Waals surface area contributed by atoms with Gasteiger partial charge in [-0.3, -0.25) is 0 Å². The Morgan fingerprint density at radius 3 is 2.83 bits per heavy atom. The maximum atomic E-state index is 11.3. The van der Waals surface area contributed by atoms with Crippen molar-refractivity contribution in [3.05, 3.63) is 23.3 Å². The molecular formula is C13H19N3O2. The van der Waals surface area contributed by atoms with Crippen LogP contribution in [0.25, 0.3) is 0 Å². The summed E-state index contributed by atoms with van der Waals surface area (Å²) >= 11 is 0. The number of carbonyl (C=O) groups is 1. The van der Waals surface area contributed by atoms with Crippen molar-refractivity contribution in [3.8, 4) is 5.75 Å². The van der Waals surface area contributed by atoms with E-state index in [0.29, 0.717) is 13.2 Å². The zero-order valence-corrected chi connectivity index (χ0v) is 10.8. The molecule has 5 heteroatoms. The number of ether oxygens (including phenoxy) is 1. The minimum atomic E-state index is -0.0104. The lowest BCUT2D eigenvalue weighted by Crippen LogP contribution is -2.31. The number of benzene rings is 1. The first-order valence-corrected chi connectivity index (χ1v) is 6.10. The molecule has 18 heavy (non-hydrogen) atoms. The Bertz CT molecular complexity index is 460. The van der Waals surface area contributed by atoms with Crippen molar-refractivity contribution in [2.75, 3.05) is 32.0 Å². The van der Waals surface area contributed by atoms with Gasteiger partial charge < -0.3 is 20.7 Å². The predicted molar refractivity (Wildman–Crippen MR) is 70.8 cm³/mol. The first-order valence-electron chi connectivity index (χ1n) is 6.10. The third-order valence-corrected chi connectivity index (χ3v) is 3.13. The number of aryl methyl sites for hydroxylation is 2. The summed E-state index contributed by atoms with van der Waals surface area (Å²) in [6.07, 6.45) is 0. The van der Waals surface area contributed by atoms with Gasteiger partial charge in [-0.25, -0.2) is 4.79 Å². The van der Waals surface area contributed by atoms with Gasteiger partial charge in [-0.1, -0.05) is 0 Å². The van der Waals surface area contributed by atoms with E-state index in [0.717, 1.165) is 35.7 Å². The molecule has 0 unspecified atom stereocenters. The molecule has 0 spiro atoms. The summed E-state index contributed by atoms with van der Waals surface area (Å²) in [5.74, 6) is 0.835. The number of nitrogens with zero attached hydrogens (tertiary/aromatic N) is 1. The van der Waals surface area contributed by atoms with E-state index in [2.05, 4.69) is 5.32 Å². The van der Waals surface area contributed by atoms with Gasteiger partial charge in [0.1, 0.15) is 12.4 Å². The number of carbonyl (C=O) groups excluding carboxylic acids is 1. The van der Waals surface area contributed by atoms with Gasteiger partial charge in [0.05, 0.1) is 6.54 Å². The van der Waals surface area contributed by atoms with Crippen molar-refractivity contribution in [2.45, 2.75) is 13.8 Å². The van der Waals surface area contributed by atoms with Crippen molar-refractivity contribution in [3.63, 3.8) is 0 Å². The summed E-state index contributed by atoms with van der Waals surface area (Å²) in [5, 5.41) is 2.76. The van der Waals surface area contributed by atoms with Gasteiger partial charge in [0, 0.05) is 18.8 Å². The van der Waals surface area contributed by atoms with Crippen LogP contribution >= 0.6 is 0 Å². The van der Waals surface area contributed by atoms with Crippen molar-refractivity contribution in [1.29, 1.82) is 0 Å². The molecule has 1 aliphatic rings. The lowest BCUT2D eigenvalue weighted by Gasteiger charge is -2.16. The minimum Gasteiger partial charge on any atom is -0.491 e. The summed E-state index contributed by atoms with van der Waals surface area (Å²) in [6, 6.07) is 3.84. The van der Waals surface area contributed by atoms with E-state index in [4.69, 9.17) is 10.5 Å². The number of rotatable bonds is 4. The molecule has 2 amide bonds. The Labute approximate surface area is 107 Å². The maximum Gasteiger partial charge on any atom is 0.317 e. The lowest BCUT2D eigenvalue weighted by atomic mass is 10.1. The molecule has 0 aliphatic carbocycles. The van der Waals surface area contributed by atoms with Crippen LogP contribution in [0.2, 0.25) is 0 Å². The smallest absolute Gasteiger partial charge is 0.317 e. The van der Waals surface area contributed by atoms with Crippen LogP contribution in [-0.2, 0) is 0 Å². The third-order valence-electron chi connectivity index (χ3n) is 3.13. The number of anilines is 1. The maximum absolute atomic E-state index is 11.3. The van der Waals surface area contributed by atoms with Gasteiger partial charge in [-0.2, -0.15) is 0 Å². The lowest BCUT2D eigenvalue weighted by molar-refractivity contribution is 0.202. The topological polar surface area (TPSA) is 67.6 Å². The van der Waals surface area contributed by atoms with Crippen molar-refractivity contribution < 1.29 is 9.53 Å². The largest absolute Gasteiger partial charge is 0.491 e. The zero-order chi connectivity index (χ0) is 13.1. The van der Waals surface area contributed by atoms with Gasteiger partial charge >= 0.3 is 6.03 Å². The van der Waals surface area contributed by atoms with Crippen LogP contribution in [0.15, 0.2) is 12.1 Å². The Morgan fingerprint density at radius 1 is 1.39 bits per heavy atom. The molecule has 1 fully saturated rings. The molecule has 0 aromatic heterocycles. The van der Waals surface area contributed by atoms with Crippen LogP contribution < -0.4 is 15.8 Å². The third kappa shape index (κ3) is 2.67. The summed E-state index contributed by atoms with van der Waals surface area (Å²) in [6.45, 7) is 6.50. The average molecular weight is 249 g/mol. The van der Waals surface area contributed by atoms with E-state index in [1.807, 2.05) is 26.0 Å². The number of amides is 2. The van der Waals surface area contributed by atoms with Crippen LogP contribution in [0, 0.1) is 13.8 Å². The van der Waals surface area contributed by atoms with Crippen LogP contribution in [0.1, 0.15) is 11.1 Å². The molecule has 1 aromatic carbocycles. The molecule has 3 N–H and O–H groups in total. The fourth-order valence-electron chi connectivity index (χ4n) is 1.96. The summed E-state index contributed by atoms with van der Waals surface area (Å²) in [4.78, 5) is 13.1. The van der Waals surface area contributed by atoms with Crippen LogP contribution in [0.3, 0.4) is 0 Å². The van der Waals surface area contributed by atoms with Gasteiger partial charge in [0.15, 0.2) is 0 Å². The van der Waals surface area contributed by atoms with E-state index in [-0.39, 0.29) is 6.03 Å². The van der Waals surface area contributed by atoms with Gasteiger partial charge in [0.25, 0.3) is 0 Å². The van der Waals surface area contributed by atoms with E-state index in [1.54, 1.807) is 4.90 Å². The molecule has 0 bridgehead atoms. The molecule has 2 rings (SSSR count). The number of nitrogens with two attached hydrogens (primary N) is 1. The molecule has 1 saturated heterocycles. The first kappa shape index (κ1) is 12.5. The highest BCUT2D eigenvalue weighted by molar-refractivity contribution is 5.76. The zero-order valence-electron chi connectivity index (χ0n) is 10.8. The van der Waals surface area contributed by atoms with E-state index in [9.17, 15) is 4.79 Å². The molecule has 5 nitrogen and oxygen atoms in total. The summed E-state index contributed by atoms with van der Waals surface area (Å²) in [7, 11) is 0. The fraction of sp³-hybridized carbons (Fsp3) is 0.462. The minimum absolute atomic E-state index is 0.0104. The molecule has 1 aromatic rings. The highest BCUT2D eigenvalue weighted by Crippen LogP contribution is 2.24. The van der Waals surface area contributed by atoms with E-state index in [1.165, 1.54) is 0 Å². The normalized spacial score (nSPS) is 14.8. The second-order valence-electron chi connectivity index (χ2n) is 4.54. The van der Waals surface area contributed by atoms with Gasteiger partial charge in [0.2, 0.25) is 0 Å². The highest BCUT2D eigenvalue weighted by atomic mass is 16.5. The van der Waals surface area contributed by atoms with E-state index >= 15 is 0 Å². The second kappa shape index (κ2) is 5.16. The van der Waals surface area contributed by atoms with Crippen molar-refractivity contribution >= 4 is 11.7 Å². The monoisotopic (exact) mass is 249 g/mol. The molecule has 0 radical (unpaired) electrons. The van der Waals surface area contributed by atoms with Crippen LogP contribution in [0.5, 0.6) is 5.75 Å². The van der Waals surface area contributed by atoms with Crippen molar-refractivity contribution in [2.24, 2.45) is 0 Å². The highest BCUT2D eigenvalue weighted by Gasteiger charge is 2.18. The first-order chi connectivity index (χ1) is 8.58. The van der Waals surface area contributed by atoms with Crippen LogP contribution in [-0.4, -0.2) is 37.2 Å². The molecular weight excluding hydrogens is 230 g/mol. The SMILES string of the molecule is Cc1cc(OCCN2CCNC2=O)c(C)cc1N. The Balaban J connectivity index is 1.90. The van der Waals surface area contributed by atoms with Crippen molar-refractivity contribution in [1.82, 2.24) is 10.2 Å². The summed E-state index contributed by atoms with van der Waals surface area (Å²) in [5.41, 5.74) is 8.62. The molecule has 98 valence electrons. The Hall–Kier alpha value is -1.91. The quantitative estimate of drug-likeness (QED) is 0.790. The second-order valence-corrected chi connectivity index (χ2v) is 4.54. The van der Waals surface area contributed by atoms with Crippen LogP contribution in [0.4, 0.5) is 10.5 Å².